The van der Waals surface area contributed by atoms with Crippen LogP contribution in [0.3, 0.4) is 0 Å². The highest BCUT2D eigenvalue weighted by atomic mass is 32.1. The molecule has 0 aliphatic heterocycles. The molecule has 0 radical (unpaired) electrons. The second-order valence-corrected chi connectivity index (χ2v) is 5.25. The molecule has 1 heterocycles. The van der Waals surface area contributed by atoms with E-state index in [1.807, 2.05) is 12.3 Å². The number of aromatic nitrogens is 1. The van der Waals surface area contributed by atoms with Crippen LogP contribution >= 0.6 is 11.3 Å². The Kier molecular flexibility index (Phi) is 3.42. The molecule has 0 bridgehead atoms. The molecule has 1 aromatic heterocycles. The molecule has 2 rings (SSSR count). The number of carbonyl (C=O) groups excluding carboxylic acids is 1. The van der Waals surface area contributed by atoms with Gasteiger partial charge in [0, 0.05) is 18.3 Å². The fraction of sp³-hybridized carbons (Fsp3) is 0.545. The summed E-state index contributed by atoms with van der Waals surface area (Å²) in [7, 11) is 0. The number of carboxylic acid groups (broad SMARTS) is 1. The van der Waals surface area contributed by atoms with Crippen molar-refractivity contribution in [3.8, 4) is 0 Å². The summed E-state index contributed by atoms with van der Waals surface area (Å²) >= 11 is 1.58. The molecule has 6 heteroatoms. The first kappa shape index (κ1) is 12.0. The first-order chi connectivity index (χ1) is 8.08. The highest BCUT2D eigenvalue weighted by Gasteiger charge is 2.48. The van der Waals surface area contributed by atoms with Gasteiger partial charge in [-0.05, 0) is 13.3 Å². The Hall–Kier alpha value is -1.43. The van der Waals surface area contributed by atoms with Gasteiger partial charge in [0.15, 0.2) is 0 Å². The number of rotatable bonds is 5. The Bertz CT molecular complexity index is 444. The molecule has 0 saturated heterocycles. The Labute approximate surface area is 103 Å². The Balaban J connectivity index is 1.69. The SMILES string of the molecule is Cc1nc(CCNC(=O)C2CC2C(=O)O)cs1. The number of thiazole rings is 1. The molecule has 1 amide bonds. The molecule has 5 nitrogen and oxygen atoms in total. The molecule has 1 aliphatic rings. The molecule has 92 valence electrons. The van der Waals surface area contributed by atoms with E-state index in [4.69, 9.17) is 5.11 Å². The highest BCUT2D eigenvalue weighted by Crippen LogP contribution is 2.38. The summed E-state index contributed by atoms with van der Waals surface area (Å²) in [5.41, 5.74) is 0.971. The first-order valence-electron chi connectivity index (χ1n) is 5.49. The highest BCUT2D eigenvalue weighted by molar-refractivity contribution is 7.09. The number of nitrogens with one attached hydrogen (secondary N) is 1. The normalized spacial score (nSPS) is 22.2. The average Bonchev–Trinajstić information content (AvgIpc) is 2.97. The minimum atomic E-state index is -0.875. The molecule has 1 saturated carbocycles. The van der Waals surface area contributed by atoms with Crippen molar-refractivity contribution in [2.75, 3.05) is 6.54 Å². The molecule has 1 aliphatic carbocycles. The quantitative estimate of drug-likeness (QED) is 0.815. The van der Waals surface area contributed by atoms with Gasteiger partial charge in [-0.25, -0.2) is 4.98 Å². The van der Waals surface area contributed by atoms with E-state index in [-0.39, 0.29) is 11.8 Å². The van der Waals surface area contributed by atoms with Crippen LogP contribution in [-0.4, -0.2) is 28.5 Å². The van der Waals surface area contributed by atoms with E-state index in [1.165, 1.54) is 0 Å². The molecular weight excluding hydrogens is 240 g/mol. The minimum absolute atomic E-state index is 0.149. The standard InChI is InChI=1S/C11H14N2O3S/c1-6-13-7(5-17-6)2-3-12-10(14)8-4-9(8)11(15)16/h5,8-9H,2-4H2,1H3,(H,12,14)(H,15,16). The largest absolute Gasteiger partial charge is 0.481 e. The van der Waals surface area contributed by atoms with Gasteiger partial charge in [0.05, 0.1) is 22.5 Å². The second kappa shape index (κ2) is 4.83. The Morgan fingerprint density at radius 3 is 2.88 bits per heavy atom. The van der Waals surface area contributed by atoms with Crippen molar-refractivity contribution in [3.05, 3.63) is 16.1 Å². The zero-order valence-electron chi connectivity index (χ0n) is 9.47. The Morgan fingerprint density at radius 2 is 2.35 bits per heavy atom. The fourth-order valence-corrected chi connectivity index (χ4v) is 2.37. The van der Waals surface area contributed by atoms with Gasteiger partial charge >= 0.3 is 5.97 Å². The van der Waals surface area contributed by atoms with E-state index in [0.717, 1.165) is 10.7 Å². The third-order valence-electron chi connectivity index (χ3n) is 2.79. The van der Waals surface area contributed by atoms with Crippen LogP contribution in [-0.2, 0) is 16.0 Å². The van der Waals surface area contributed by atoms with Crippen LogP contribution in [0.1, 0.15) is 17.1 Å². The number of carboxylic acids is 1. The van der Waals surface area contributed by atoms with Crippen LogP contribution in [0.4, 0.5) is 0 Å². The average molecular weight is 254 g/mol. The molecule has 2 N–H and O–H groups in total. The number of hydrogen-bond acceptors (Lipinski definition) is 4. The monoisotopic (exact) mass is 254 g/mol. The molecule has 0 spiro atoms. The van der Waals surface area contributed by atoms with Gasteiger partial charge in [-0.1, -0.05) is 0 Å². The van der Waals surface area contributed by atoms with Gasteiger partial charge in [-0.2, -0.15) is 0 Å². The van der Waals surface area contributed by atoms with E-state index in [0.29, 0.717) is 19.4 Å². The second-order valence-electron chi connectivity index (χ2n) is 4.19. The molecule has 1 aromatic rings. The number of amides is 1. The van der Waals surface area contributed by atoms with E-state index >= 15 is 0 Å². The minimum Gasteiger partial charge on any atom is -0.481 e. The van der Waals surface area contributed by atoms with Gasteiger partial charge in [0.1, 0.15) is 0 Å². The van der Waals surface area contributed by atoms with Gasteiger partial charge in [0.25, 0.3) is 0 Å². The number of aliphatic carboxylic acids is 1. The lowest BCUT2D eigenvalue weighted by Crippen LogP contribution is -2.28. The van der Waals surface area contributed by atoms with E-state index in [2.05, 4.69) is 10.3 Å². The zero-order valence-corrected chi connectivity index (χ0v) is 10.3. The van der Waals surface area contributed by atoms with Crippen LogP contribution in [0.25, 0.3) is 0 Å². The number of aryl methyl sites for hydroxylation is 1. The van der Waals surface area contributed by atoms with Crippen molar-refractivity contribution >= 4 is 23.2 Å². The summed E-state index contributed by atoms with van der Waals surface area (Å²) in [6.07, 6.45) is 1.16. The third kappa shape index (κ3) is 3.03. The predicted octanol–water partition coefficient (Wildman–Crippen LogP) is 0.831. The van der Waals surface area contributed by atoms with Gasteiger partial charge in [-0.3, -0.25) is 9.59 Å². The molecule has 0 aromatic carbocycles. The van der Waals surface area contributed by atoms with Crippen molar-refractivity contribution in [1.29, 1.82) is 0 Å². The summed E-state index contributed by atoms with van der Waals surface area (Å²) in [5.74, 6) is -1.83. The molecule has 1 fully saturated rings. The number of hydrogen-bond donors (Lipinski definition) is 2. The smallest absolute Gasteiger partial charge is 0.307 e. The summed E-state index contributed by atoms with van der Waals surface area (Å²) in [6.45, 7) is 2.46. The van der Waals surface area contributed by atoms with Crippen LogP contribution in [0.2, 0.25) is 0 Å². The van der Waals surface area contributed by atoms with Crippen molar-refractivity contribution in [3.63, 3.8) is 0 Å². The van der Waals surface area contributed by atoms with Gasteiger partial charge in [0.2, 0.25) is 5.91 Å². The van der Waals surface area contributed by atoms with Crippen LogP contribution < -0.4 is 5.32 Å². The Morgan fingerprint density at radius 1 is 1.59 bits per heavy atom. The lowest BCUT2D eigenvalue weighted by Gasteiger charge is -2.02. The van der Waals surface area contributed by atoms with Gasteiger partial charge < -0.3 is 10.4 Å². The fourth-order valence-electron chi connectivity index (χ4n) is 1.73. The molecule has 17 heavy (non-hydrogen) atoms. The summed E-state index contributed by atoms with van der Waals surface area (Å²) in [4.78, 5) is 26.4. The molecular formula is C11H14N2O3S. The predicted molar refractivity (Wildman–Crippen MR) is 62.8 cm³/mol. The number of nitrogens with zero attached hydrogens (tertiary/aromatic N) is 1. The lowest BCUT2D eigenvalue weighted by atomic mass is 10.3. The van der Waals surface area contributed by atoms with E-state index in [9.17, 15) is 9.59 Å². The van der Waals surface area contributed by atoms with Crippen LogP contribution in [0, 0.1) is 18.8 Å². The molecule has 2 atom stereocenters. The maximum Gasteiger partial charge on any atom is 0.307 e. The third-order valence-corrected chi connectivity index (χ3v) is 3.61. The van der Waals surface area contributed by atoms with E-state index in [1.54, 1.807) is 11.3 Å². The van der Waals surface area contributed by atoms with E-state index < -0.39 is 11.9 Å². The van der Waals surface area contributed by atoms with Gasteiger partial charge in [-0.15, -0.1) is 11.3 Å². The number of carbonyl (C=O) groups is 2. The zero-order chi connectivity index (χ0) is 12.4. The molecule has 2 unspecified atom stereocenters. The lowest BCUT2D eigenvalue weighted by molar-refractivity contribution is -0.140. The summed E-state index contributed by atoms with van der Waals surface area (Å²) < 4.78 is 0. The first-order valence-corrected chi connectivity index (χ1v) is 6.37. The van der Waals surface area contributed by atoms with Crippen molar-refractivity contribution in [2.24, 2.45) is 11.8 Å². The summed E-state index contributed by atoms with van der Waals surface area (Å²) in [6, 6.07) is 0. The maximum absolute atomic E-state index is 11.5. The van der Waals surface area contributed by atoms with Crippen LogP contribution in [0.5, 0.6) is 0 Å². The topological polar surface area (TPSA) is 79.3 Å². The maximum atomic E-state index is 11.5. The van der Waals surface area contributed by atoms with Crippen molar-refractivity contribution < 1.29 is 14.7 Å². The van der Waals surface area contributed by atoms with Crippen molar-refractivity contribution in [1.82, 2.24) is 10.3 Å². The van der Waals surface area contributed by atoms with Crippen LogP contribution in [0.15, 0.2) is 5.38 Å². The summed E-state index contributed by atoms with van der Waals surface area (Å²) in [5, 5.41) is 14.4. The van der Waals surface area contributed by atoms with Crippen molar-refractivity contribution in [2.45, 2.75) is 19.8 Å².